The normalized spacial score (nSPS) is 11.2. The summed E-state index contributed by atoms with van der Waals surface area (Å²) in [7, 11) is 0. The summed E-state index contributed by atoms with van der Waals surface area (Å²) >= 11 is 5.10. The van der Waals surface area contributed by atoms with Gasteiger partial charge < -0.3 is 4.98 Å². The van der Waals surface area contributed by atoms with Crippen LogP contribution in [0.25, 0.3) is 16.0 Å². The Morgan fingerprint density at radius 3 is 2.82 bits per heavy atom. The number of rotatable bonds is 1. The highest BCUT2D eigenvalue weighted by molar-refractivity contribution is 9.10. The Kier molecular flexibility index (Phi) is 2.45. The van der Waals surface area contributed by atoms with Crippen molar-refractivity contribution in [1.29, 1.82) is 0 Å². The van der Waals surface area contributed by atoms with E-state index in [1.165, 1.54) is 4.88 Å². The first-order chi connectivity index (χ1) is 8.16. The fraction of sp³-hybridized carbons (Fsp3) is 0.0833. The second kappa shape index (κ2) is 3.85. The Labute approximate surface area is 110 Å². The van der Waals surface area contributed by atoms with E-state index in [-0.39, 0.29) is 5.69 Å². The highest BCUT2D eigenvalue weighted by Crippen LogP contribution is 2.27. The van der Waals surface area contributed by atoms with Crippen molar-refractivity contribution in [2.75, 3.05) is 0 Å². The summed E-state index contributed by atoms with van der Waals surface area (Å²) in [6.07, 6.45) is 0. The number of halogens is 1. The highest BCUT2D eigenvalue weighted by atomic mass is 79.9. The topological polar surface area (TPSA) is 37.8 Å². The molecule has 0 saturated carbocycles. The van der Waals surface area contributed by atoms with E-state index >= 15 is 0 Å². The molecule has 2 heterocycles. The van der Waals surface area contributed by atoms with Crippen LogP contribution in [0, 0.1) is 6.92 Å². The fourth-order valence-corrected chi connectivity index (χ4v) is 3.28. The largest absolute Gasteiger partial charge is 0.331 e. The first-order valence-corrected chi connectivity index (χ1v) is 6.74. The number of nitrogens with zero attached hydrogens (tertiary/aromatic N) is 1. The van der Waals surface area contributed by atoms with E-state index in [9.17, 15) is 4.79 Å². The predicted molar refractivity (Wildman–Crippen MR) is 74.2 cm³/mol. The molecule has 0 amide bonds. The quantitative estimate of drug-likeness (QED) is 0.734. The molecule has 5 heteroatoms. The average molecular weight is 309 g/mol. The van der Waals surface area contributed by atoms with Gasteiger partial charge in [0.05, 0.1) is 11.0 Å². The molecule has 1 N–H and O–H groups in total. The molecule has 1 aromatic carbocycles. The number of benzene rings is 1. The molecule has 0 aliphatic rings. The molecule has 0 saturated heterocycles. The maximum Gasteiger partial charge on any atom is 0.331 e. The van der Waals surface area contributed by atoms with Crippen molar-refractivity contribution in [1.82, 2.24) is 9.55 Å². The van der Waals surface area contributed by atoms with E-state index in [1.807, 2.05) is 37.3 Å². The molecule has 0 bridgehead atoms. The van der Waals surface area contributed by atoms with Crippen LogP contribution in [0.4, 0.5) is 0 Å². The Balaban J connectivity index is 2.43. The molecule has 3 rings (SSSR count). The molecule has 3 nitrogen and oxygen atoms in total. The third-order valence-electron chi connectivity index (χ3n) is 2.60. The van der Waals surface area contributed by atoms with E-state index in [2.05, 4.69) is 20.9 Å². The van der Waals surface area contributed by atoms with E-state index in [4.69, 9.17) is 0 Å². The van der Waals surface area contributed by atoms with Crippen molar-refractivity contribution >= 4 is 38.3 Å². The van der Waals surface area contributed by atoms with Crippen molar-refractivity contribution in [3.8, 4) is 5.00 Å². The summed E-state index contributed by atoms with van der Waals surface area (Å²) in [6, 6.07) is 9.73. The van der Waals surface area contributed by atoms with Gasteiger partial charge in [-0.25, -0.2) is 4.79 Å². The summed E-state index contributed by atoms with van der Waals surface area (Å²) < 4.78 is 2.62. The maximum atomic E-state index is 12.0. The molecule has 0 aliphatic heterocycles. The molecule has 0 fully saturated rings. The van der Waals surface area contributed by atoms with Crippen LogP contribution in [0.15, 0.2) is 39.6 Å². The number of H-pyrrole nitrogens is 1. The standard InChI is InChI=1S/C12H9BrN2OS/c1-7-5-6-10(17-7)15-11-8(13)3-2-4-9(11)14-12(15)16/h2-6H,1H3,(H,14,16). The number of nitrogens with one attached hydrogen (secondary N) is 1. The Bertz CT molecular complexity index is 753. The van der Waals surface area contributed by atoms with Crippen molar-refractivity contribution in [2.45, 2.75) is 6.92 Å². The highest BCUT2D eigenvalue weighted by Gasteiger charge is 2.12. The first-order valence-electron chi connectivity index (χ1n) is 5.13. The SMILES string of the molecule is Cc1ccc(-n2c(=O)[nH]c3cccc(Br)c32)s1. The van der Waals surface area contributed by atoms with Gasteiger partial charge in [-0.1, -0.05) is 6.07 Å². The summed E-state index contributed by atoms with van der Waals surface area (Å²) in [4.78, 5) is 16.0. The second-order valence-corrected chi connectivity index (χ2v) is 5.91. The van der Waals surface area contributed by atoms with Gasteiger partial charge in [-0.15, -0.1) is 11.3 Å². The molecule has 0 radical (unpaired) electrons. The molecule has 0 spiro atoms. The van der Waals surface area contributed by atoms with Crippen LogP contribution >= 0.6 is 27.3 Å². The van der Waals surface area contributed by atoms with Crippen LogP contribution < -0.4 is 5.69 Å². The molecule has 0 aliphatic carbocycles. The number of aromatic nitrogens is 2. The number of para-hydroxylation sites is 1. The minimum absolute atomic E-state index is 0.103. The van der Waals surface area contributed by atoms with Gasteiger partial charge in [0, 0.05) is 9.35 Å². The Hall–Kier alpha value is -1.33. The lowest BCUT2D eigenvalue weighted by atomic mass is 10.3. The minimum atomic E-state index is -0.103. The lowest BCUT2D eigenvalue weighted by Crippen LogP contribution is -2.13. The van der Waals surface area contributed by atoms with E-state index in [1.54, 1.807) is 15.9 Å². The van der Waals surface area contributed by atoms with Crippen molar-refractivity contribution in [3.63, 3.8) is 0 Å². The number of imidazole rings is 1. The molecular weight excluding hydrogens is 300 g/mol. The number of fused-ring (bicyclic) bond motifs is 1. The van der Waals surface area contributed by atoms with Gasteiger partial charge in [0.15, 0.2) is 0 Å². The Morgan fingerprint density at radius 2 is 2.12 bits per heavy atom. The number of aromatic amines is 1. The third-order valence-corrected chi connectivity index (χ3v) is 4.23. The zero-order valence-corrected chi connectivity index (χ0v) is 11.4. The Morgan fingerprint density at radius 1 is 1.29 bits per heavy atom. The van der Waals surface area contributed by atoms with Gasteiger partial charge in [-0.2, -0.15) is 0 Å². The van der Waals surface area contributed by atoms with Gasteiger partial charge in [-0.3, -0.25) is 4.57 Å². The molecule has 86 valence electrons. The zero-order chi connectivity index (χ0) is 12.0. The maximum absolute atomic E-state index is 12.0. The number of aryl methyl sites for hydroxylation is 1. The smallest absolute Gasteiger partial charge is 0.305 e. The monoisotopic (exact) mass is 308 g/mol. The van der Waals surface area contributed by atoms with Crippen LogP contribution in [-0.2, 0) is 0 Å². The summed E-state index contributed by atoms with van der Waals surface area (Å²) in [5.41, 5.74) is 1.63. The van der Waals surface area contributed by atoms with E-state index in [0.29, 0.717) is 0 Å². The van der Waals surface area contributed by atoms with Gasteiger partial charge in [-0.05, 0) is 47.1 Å². The number of thiophene rings is 1. The van der Waals surface area contributed by atoms with Gasteiger partial charge in [0.2, 0.25) is 0 Å². The molecule has 17 heavy (non-hydrogen) atoms. The van der Waals surface area contributed by atoms with Crippen LogP contribution in [0.3, 0.4) is 0 Å². The summed E-state index contributed by atoms with van der Waals surface area (Å²) in [6.45, 7) is 2.03. The predicted octanol–water partition coefficient (Wildman–Crippen LogP) is 3.45. The third kappa shape index (κ3) is 1.66. The molecular formula is C12H9BrN2OS. The van der Waals surface area contributed by atoms with E-state index in [0.717, 1.165) is 20.5 Å². The molecule has 0 unspecified atom stereocenters. The van der Waals surface area contributed by atoms with Gasteiger partial charge >= 0.3 is 5.69 Å². The van der Waals surface area contributed by atoms with Gasteiger partial charge in [0.1, 0.15) is 5.00 Å². The molecule has 3 aromatic rings. The molecule has 0 atom stereocenters. The van der Waals surface area contributed by atoms with E-state index < -0.39 is 0 Å². The van der Waals surface area contributed by atoms with Crippen LogP contribution in [0.1, 0.15) is 4.88 Å². The minimum Gasteiger partial charge on any atom is -0.305 e. The molecule has 2 aromatic heterocycles. The number of hydrogen-bond donors (Lipinski definition) is 1. The second-order valence-electron chi connectivity index (χ2n) is 3.79. The van der Waals surface area contributed by atoms with Crippen LogP contribution in [0.2, 0.25) is 0 Å². The number of hydrogen-bond acceptors (Lipinski definition) is 2. The summed E-state index contributed by atoms with van der Waals surface area (Å²) in [5, 5.41) is 0.936. The zero-order valence-electron chi connectivity index (χ0n) is 9.03. The van der Waals surface area contributed by atoms with Crippen LogP contribution in [0.5, 0.6) is 0 Å². The fourth-order valence-electron chi connectivity index (χ4n) is 1.87. The van der Waals surface area contributed by atoms with Crippen molar-refractivity contribution in [3.05, 3.63) is 50.2 Å². The van der Waals surface area contributed by atoms with Gasteiger partial charge in [0.25, 0.3) is 0 Å². The first kappa shape index (κ1) is 10.8. The van der Waals surface area contributed by atoms with Crippen LogP contribution in [-0.4, -0.2) is 9.55 Å². The lowest BCUT2D eigenvalue weighted by molar-refractivity contribution is 1.04. The average Bonchev–Trinajstić information content (AvgIpc) is 2.82. The summed E-state index contributed by atoms with van der Waals surface area (Å²) in [5.74, 6) is 0. The van der Waals surface area contributed by atoms with Crippen molar-refractivity contribution < 1.29 is 0 Å². The van der Waals surface area contributed by atoms with Crippen molar-refractivity contribution in [2.24, 2.45) is 0 Å². The lowest BCUT2D eigenvalue weighted by Gasteiger charge is -2.00.